The van der Waals surface area contributed by atoms with Gasteiger partial charge >= 0.3 is 0 Å². The number of carbonyl (C=O) groups is 1. The number of nitrogens with one attached hydrogen (secondary N) is 1. The molecular formula is C15H19ClN2O. The highest BCUT2D eigenvalue weighted by Gasteiger charge is 2.55. The number of halogens is 1. The van der Waals surface area contributed by atoms with E-state index in [1.807, 2.05) is 31.0 Å². The Morgan fingerprint density at radius 3 is 2.84 bits per heavy atom. The summed E-state index contributed by atoms with van der Waals surface area (Å²) in [6, 6.07) is 6.42. The van der Waals surface area contributed by atoms with Crippen molar-refractivity contribution < 1.29 is 4.79 Å². The van der Waals surface area contributed by atoms with Gasteiger partial charge in [-0.3, -0.25) is 4.79 Å². The van der Waals surface area contributed by atoms with Crippen LogP contribution >= 0.6 is 11.6 Å². The van der Waals surface area contributed by atoms with Gasteiger partial charge in [0.25, 0.3) is 0 Å². The van der Waals surface area contributed by atoms with E-state index in [1.165, 1.54) is 5.56 Å². The van der Waals surface area contributed by atoms with Gasteiger partial charge in [-0.15, -0.1) is 0 Å². The maximum absolute atomic E-state index is 12.8. The summed E-state index contributed by atoms with van der Waals surface area (Å²) >= 11 is 6.13. The normalized spacial score (nSPS) is 29.3. The van der Waals surface area contributed by atoms with Gasteiger partial charge in [0.05, 0.1) is 5.41 Å². The molecule has 1 heterocycles. The summed E-state index contributed by atoms with van der Waals surface area (Å²) in [5.74, 6) is 0.274. The highest BCUT2D eigenvalue weighted by atomic mass is 35.5. The molecule has 0 bridgehead atoms. The van der Waals surface area contributed by atoms with Gasteiger partial charge in [0.15, 0.2) is 0 Å². The summed E-state index contributed by atoms with van der Waals surface area (Å²) in [5.41, 5.74) is 2.07. The lowest BCUT2D eigenvalue weighted by Crippen LogP contribution is -2.61. The lowest BCUT2D eigenvalue weighted by molar-refractivity contribution is -0.144. The minimum atomic E-state index is -0.331. The molecule has 19 heavy (non-hydrogen) atoms. The second kappa shape index (κ2) is 4.50. The first-order valence-electron chi connectivity index (χ1n) is 6.86. The number of nitrogens with zero attached hydrogens (tertiary/aromatic N) is 1. The zero-order valence-electron chi connectivity index (χ0n) is 11.4. The summed E-state index contributed by atoms with van der Waals surface area (Å²) in [6.07, 6.45) is 1.76. The maximum Gasteiger partial charge on any atom is 0.233 e. The van der Waals surface area contributed by atoms with Gasteiger partial charge in [0.1, 0.15) is 0 Å². The standard InChI is InChI=1S/C15H19ClN2O/c1-3-18-9-10-4-5-11(16)6-13(10)15(14(18)19)7-12(8-15)17-2/h4-6,12,17H,3,7-9H2,1-2H3. The third kappa shape index (κ3) is 1.79. The minimum Gasteiger partial charge on any atom is -0.338 e. The molecule has 0 aromatic heterocycles. The summed E-state index contributed by atoms with van der Waals surface area (Å²) in [4.78, 5) is 14.7. The fourth-order valence-electron chi connectivity index (χ4n) is 3.46. The Balaban J connectivity index is 2.07. The van der Waals surface area contributed by atoms with Crippen LogP contribution in [0.1, 0.15) is 30.9 Å². The molecule has 1 fully saturated rings. The van der Waals surface area contributed by atoms with E-state index in [2.05, 4.69) is 11.4 Å². The van der Waals surface area contributed by atoms with Crippen molar-refractivity contribution in [2.24, 2.45) is 0 Å². The van der Waals surface area contributed by atoms with Crippen LogP contribution in [0.15, 0.2) is 18.2 Å². The molecule has 1 aromatic rings. The first-order chi connectivity index (χ1) is 9.10. The summed E-state index contributed by atoms with van der Waals surface area (Å²) in [5, 5.41) is 3.99. The minimum absolute atomic E-state index is 0.274. The Labute approximate surface area is 118 Å². The van der Waals surface area contributed by atoms with Gasteiger partial charge in [-0.2, -0.15) is 0 Å². The van der Waals surface area contributed by atoms with Crippen LogP contribution in [0.3, 0.4) is 0 Å². The molecule has 1 amide bonds. The average molecular weight is 279 g/mol. The second-order valence-corrected chi connectivity index (χ2v) is 6.03. The Hall–Kier alpha value is -1.06. The molecule has 3 nitrogen and oxygen atoms in total. The van der Waals surface area contributed by atoms with Crippen LogP contribution in [0.5, 0.6) is 0 Å². The SMILES string of the molecule is CCN1Cc2ccc(Cl)cc2C2(CC(NC)C2)C1=O. The molecule has 1 spiro atoms. The molecule has 3 rings (SSSR count). The van der Waals surface area contributed by atoms with Crippen molar-refractivity contribution in [2.75, 3.05) is 13.6 Å². The molecule has 102 valence electrons. The zero-order valence-corrected chi connectivity index (χ0v) is 12.1. The van der Waals surface area contributed by atoms with Crippen molar-refractivity contribution in [3.63, 3.8) is 0 Å². The third-order valence-corrected chi connectivity index (χ3v) is 4.86. The van der Waals surface area contributed by atoms with E-state index in [0.29, 0.717) is 12.6 Å². The topological polar surface area (TPSA) is 32.3 Å². The molecular weight excluding hydrogens is 260 g/mol. The van der Waals surface area contributed by atoms with Gasteiger partial charge in [-0.25, -0.2) is 0 Å². The van der Waals surface area contributed by atoms with E-state index >= 15 is 0 Å². The van der Waals surface area contributed by atoms with Crippen molar-refractivity contribution in [1.82, 2.24) is 10.2 Å². The Kier molecular flexibility index (Phi) is 3.06. The van der Waals surface area contributed by atoms with Crippen LogP contribution in [-0.4, -0.2) is 30.4 Å². The highest BCUT2D eigenvalue weighted by Crippen LogP contribution is 2.49. The fourth-order valence-corrected chi connectivity index (χ4v) is 3.63. The second-order valence-electron chi connectivity index (χ2n) is 5.60. The quantitative estimate of drug-likeness (QED) is 0.900. The first kappa shape index (κ1) is 12.9. The van der Waals surface area contributed by atoms with Crippen molar-refractivity contribution in [1.29, 1.82) is 0 Å². The third-order valence-electron chi connectivity index (χ3n) is 4.62. The maximum atomic E-state index is 12.8. The lowest BCUT2D eigenvalue weighted by atomic mass is 9.58. The van der Waals surface area contributed by atoms with Crippen LogP contribution in [0, 0.1) is 0 Å². The Morgan fingerprint density at radius 2 is 2.21 bits per heavy atom. The monoisotopic (exact) mass is 278 g/mol. The molecule has 1 N–H and O–H groups in total. The van der Waals surface area contributed by atoms with E-state index in [1.54, 1.807) is 0 Å². The molecule has 2 aliphatic rings. The molecule has 0 unspecified atom stereocenters. The number of hydrogen-bond acceptors (Lipinski definition) is 2. The van der Waals surface area contributed by atoms with Gasteiger partial charge in [-0.05, 0) is 50.1 Å². The number of carbonyl (C=O) groups excluding carboxylic acids is 1. The summed E-state index contributed by atoms with van der Waals surface area (Å²) in [6.45, 7) is 3.53. The summed E-state index contributed by atoms with van der Waals surface area (Å²) in [7, 11) is 1.96. The Bertz CT molecular complexity index is 523. The molecule has 1 aliphatic carbocycles. The van der Waals surface area contributed by atoms with E-state index in [0.717, 1.165) is 30.0 Å². The first-order valence-corrected chi connectivity index (χ1v) is 7.24. The van der Waals surface area contributed by atoms with Crippen LogP contribution in [0.4, 0.5) is 0 Å². The molecule has 0 radical (unpaired) electrons. The lowest BCUT2D eigenvalue weighted by Gasteiger charge is -2.52. The van der Waals surface area contributed by atoms with Crippen molar-refractivity contribution >= 4 is 17.5 Å². The summed E-state index contributed by atoms with van der Waals surface area (Å²) < 4.78 is 0. The molecule has 1 aliphatic heterocycles. The van der Waals surface area contributed by atoms with Gasteiger partial charge in [0, 0.05) is 24.2 Å². The molecule has 4 heteroatoms. The van der Waals surface area contributed by atoms with E-state index in [-0.39, 0.29) is 11.3 Å². The molecule has 1 saturated carbocycles. The average Bonchev–Trinajstić information content (AvgIpc) is 2.36. The number of rotatable bonds is 2. The predicted molar refractivity (Wildman–Crippen MR) is 76.3 cm³/mol. The molecule has 0 atom stereocenters. The van der Waals surface area contributed by atoms with Crippen LogP contribution in [-0.2, 0) is 16.8 Å². The van der Waals surface area contributed by atoms with E-state index in [4.69, 9.17) is 11.6 Å². The number of likely N-dealkylation sites (N-methyl/N-ethyl adjacent to an activating group) is 1. The van der Waals surface area contributed by atoms with Crippen molar-refractivity contribution in [3.8, 4) is 0 Å². The number of hydrogen-bond donors (Lipinski definition) is 1. The Morgan fingerprint density at radius 1 is 1.47 bits per heavy atom. The van der Waals surface area contributed by atoms with Crippen LogP contribution in [0.2, 0.25) is 5.02 Å². The molecule has 0 saturated heterocycles. The smallest absolute Gasteiger partial charge is 0.233 e. The van der Waals surface area contributed by atoms with Crippen molar-refractivity contribution in [3.05, 3.63) is 34.3 Å². The predicted octanol–water partition coefficient (Wildman–Crippen LogP) is 2.32. The van der Waals surface area contributed by atoms with Gasteiger partial charge in [-0.1, -0.05) is 17.7 Å². The zero-order chi connectivity index (χ0) is 13.6. The number of fused-ring (bicyclic) bond motifs is 2. The van der Waals surface area contributed by atoms with Crippen LogP contribution < -0.4 is 5.32 Å². The number of benzene rings is 1. The van der Waals surface area contributed by atoms with E-state index < -0.39 is 0 Å². The number of amides is 1. The van der Waals surface area contributed by atoms with Crippen molar-refractivity contribution in [2.45, 2.75) is 37.8 Å². The van der Waals surface area contributed by atoms with Crippen LogP contribution in [0.25, 0.3) is 0 Å². The van der Waals surface area contributed by atoms with E-state index in [9.17, 15) is 4.79 Å². The van der Waals surface area contributed by atoms with Gasteiger partial charge < -0.3 is 10.2 Å². The van der Waals surface area contributed by atoms with Gasteiger partial charge in [0.2, 0.25) is 5.91 Å². The fraction of sp³-hybridized carbons (Fsp3) is 0.533. The largest absolute Gasteiger partial charge is 0.338 e. The molecule has 1 aromatic carbocycles. The highest BCUT2D eigenvalue weighted by molar-refractivity contribution is 6.30.